The first-order valence-corrected chi connectivity index (χ1v) is 7.06. The standard InChI is InChI=1S/C13H23N5O/c1-3-10(2)15-13(19)9-18-8-12(16-17-18)7-14-6-11-4-5-11/h8,10-11,14H,3-7,9H2,1-2H3,(H,15,19). The molecule has 1 aliphatic carbocycles. The molecule has 0 saturated heterocycles. The summed E-state index contributed by atoms with van der Waals surface area (Å²) in [7, 11) is 0. The van der Waals surface area contributed by atoms with Crippen LogP contribution < -0.4 is 10.6 Å². The first kappa shape index (κ1) is 14.0. The van der Waals surface area contributed by atoms with Crippen molar-refractivity contribution in [3.63, 3.8) is 0 Å². The highest BCUT2D eigenvalue weighted by Crippen LogP contribution is 2.27. The Bertz CT molecular complexity index is 413. The maximum Gasteiger partial charge on any atom is 0.242 e. The Balaban J connectivity index is 1.71. The molecule has 0 spiro atoms. The second-order valence-electron chi connectivity index (χ2n) is 5.36. The van der Waals surface area contributed by atoms with Gasteiger partial charge in [0.15, 0.2) is 0 Å². The minimum absolute atomic E-state index is 0.0169. The van der Waals surface area contributed by atoms with E-state index in [4.69, 9.17) is 0 Å². The molecule has 6 nitrogen and oxygen atoms in total. The number of carbonyl (C=O) groups is 1. The Morgan fingerprint density at radius 1 is 1.58 bits per heavy atom. The molecule has 1 aromatic rings. The highest BCUT2D eigenvalue weighted by atomic mass is 16.2. The molecule has 1 saturated carbocycles. The molecule has 6 heteroatoms. The van der Waals surface area contributed by atoms with Crippen LogP contribution in [0.15, 0.2) is 6.20 Å². The van der Waals surface area contributed by atoms with Crippen molar-refractivity contribution in [3.05, 3.63) is 11.9 Å². The minimum atomic E-state index is -0.0169. The Kier molecular flexibility index (Phi) is 4.90. The van der Waals surface area contributed by atoms with Crippen LogP contribution in [-0.2, 0) is 17.9 Å². The summed E-state index contributed by atoms with van der Waals surface area (Å²) in [6, 6.07) is 0.204. The smallest absolute Gasteiger partial charge is 0.242 e. The molecule has 2 rings (SSSR count). The lowest BCUT2D eigenvalue weighted by Crippen LogP contribution is -2.34. The van der Waals surface area contributed by atoms with E-state index in [1.165, 1.54) is 12.8 Å². The summed E-state index contributed by atoms with van der Waals surface area (Å²) < 4.78 is 1.59. The topological polar surface area (TPSA) is 71.8 Å². The summed E-state index contributed by atoms with van der Waals surface area (Å²) in [5.41, 5.74) is 0.886. The van der Waals surface area contributed by atoms with Crippen molar-refractivity contribution in [2.45, 2.75) is 52.2 Å². The van der Waals surface area contributed by atoms with Gasteiger partial charge in [0.1, 0.15) is 6.54 Å². The average Bonchev–Trinajstić information content (AvgIpc) is 3.09. The molecular formula is C13H23N5O. The van der Waals surface area contributed by atoms with E-state index in [0.717, 1.165) is 31.1 Å². The predicted molar refractivity (Wildman–Crippen MR) is 72.3 cm³/mol. The molecule has 0 radical (unpaired) electrons. The van der Waals surface area contributed by atoms with Crippen LogP contribution in [0.5, 0.6) is 0 Å². The van der Waals surface area contributed by atoms with E-state index in [0.29, 0.717) is 0 Å². The average molecular weight is 265 g/mol. The zero-order valence-electron chi connectivity index (χ0n) is 11.7. The van der Waals surface area contributed by atoms with Gasteiger partial charge in [-0.2, -0.15) is 0 Å². The van der Waals surface area contributed by atoms with Crippen molar-refractivity contribution < 1.29 is 4.79 Å². The lowest BCUT2D eigenvalue weighted by Gasteiger charge is -2.10. The third-order valence-corrected chi connectivity index (χ3v) is 3.35. The van der Waals surface area contributed by atoms with E-state index < -0.39 is 0 Å². The minimum Gasteiger partial charge on any atom is -0.352 e. The van der Waals surface area contributed by atoms with E-state index in [1.54, 1.807) is 4.68 Å². The molecule has 1 aliphatic rings. The van der Waals surface area contributed by atoms with Crippen LogP contribution in [0.4, 0.5) is 0 Å². The SMILES string of the molecule is CCC(C)NC(=O)Cn1cc(CNCC2CC2)nn1. The van der Waals surface area contributed by atoms with Crippen molar-refractivity contribution in [2.24, 2.45) is 5.92 Å². The van der Waals surface area contributed by atoms with Gasteiger partial charge in [0.05, 0.1) is 11.9 Å². The third-order valence-electron chi connectivity index (χ3n) is 3.35. The molecule has 2 N–H and O–H groups in total. The molecule has 1 aromatic heterocycles. The second-order valence-corrected chi connectivity index (χ2v) is 5.36. The third kappa shape index (κ3) is 4.98. The zero-order valence-corrected chi connectivity index (χ0v) is 11.7. The van der Waals surface area contributed by atoms with Crippen LogP contribution in [0.1, 0.15) is 38.8 Å². The van der Waals surface area contributed by atoms with Gasteiger partial charge in [-0.25, -0.2) is 4.68 Å². The highest BCUT2D eigenvalue weighted by Gasteiger charge is 2.20. The number of aromatic nitrogens is 3. The van der Waals surface area contributed by atoms with Crippen molar-refractivity contribution in [1.29, 1.82) is 0 Å². The number of nitrogens with one attached hydrogen (secondary N) is 2. The summed E-state index contributed by atoms with van der Waals surface area (Å²) >= 11 is 0. The molecule has 0 aromatic carbocycles. The monoisotopic (exact) mass is 265 g/mol. The van der Waals surface area contributed by atoms with Gasteiger partial charge in [-0.15, -0.1) is 5.10 Å². The fraction of sp³-hybridized carbons (Fsp3) is 0.769. The van der Waals surface area contributed by atoms with E-state index in [1.807, 2.05) is 20.0 Å². The van der Waals surface area contributed by atoms with Crippen LogP contribution in [0.2, 0.25) is 0 Å². The summed E-state index contributed by atoms with van der Waals surface area (Å²) in [4.78, 5) is 11.7. The number of hydrogen-bond donors (Lipinski definition) is 2. The fourth-order valence-electron chi connectivity index (χ4n) is 1.79. The second kappa shape index (κ2) is 6.65. The normalized spacial score (nSPS) is 16.3. The molecule has 19 heavy (non-hydrogen) atoms. The van der Waals surface area contributed by atoms with Crippen LogP contribution in [0.25, 0.3) is 0 Å². The van der Waals surface area contributed by atoms with Crippen molar-refractivity contribution in [2.75, 3.05) is 6.54 Å². The first-order chi connectivity index (χ1) is 9.17. The summed E-state index contributed by atoms with van der Waals surface area (Å²) in [6.45, 7) is 6.06. The molecule has 1 amide bonds. The van der Waals surface area contributed by atoms with Gasteiger partial charge in [-0.3, -0.25) is 4.79 Å². The van der Waals surface area contributed by atoms with Crippen LogP contribution in [-0.4, -0.2) is 33.5 Å². The van der Waals surface area contributed by atoms with Crippen molar-refractivity contribution >= 4 is 5.91 Å². The Morgan fingerprint density at radius 2 is 2.37 bits per heavy atom. The van der Waals surface area contributed by atoms with Gasteiger partial charge in [0, 0.05) is 12.6 Å². The van der Waals surface area contributed by atoms with Crippen molar-refractivity contribution in [3.8, 4) is 0 Å². The van der Waals surface area contributed by atoms with Crippen molar-refractivity contribution in [1.82, 2.24) is 25.6 Å². The lowest BCUT2D eigenvalue weighted by atomic mass is 10.2. The van der Waals surface area contributed by atoms with Gasteiger partial charge < -0.3 is 10.6 Å². The lowest BCUT2D eigenvalue weighted by molar-refractivity contribution is -0.122. The number of rotatable bonds is 8. The largest absolute Gasteiger partial charge is 0.352 e. The molecule has 106 valence electrons. The predicted octanol–water partition coefficient (Wildman–Crippen LogP) is 0.692. The molecule has 0 aliphatic heterocycles. The summed E-state index contributed by atoms with van der Waals surface area (Å²) in [6.07, 6.45) is 5.44. The molecule has 1 heterocycles. The van der Waals surface area contributed by atoms with Gasteiger partial charge in [-0.1, -0.05) is 12.1 Å². The van der Waals surface area contributed by atoms with E-state index in [-0.39, 0.29) is 18.5 Å². The Morgan fingerprint density at radius 3 is 3.05 bits per heavy atom. The fourth-order valence-corrected chi connectivity index (χ4v) is 1.79. The summed E-state index contributed by atoms with van der Waals surface area (Å²) in [5, 5.41) is 14.3. The van der Waals surface area contributed by atoms with Gasteiger partial charge in [0.25, 0.3) is 0 Å². The number of hydrogen-bond acceptors (Lipinski definition) is 4. The van der Waals surface area contributed by atoms with E-state index in [2.05, 4.69) is 20.9 Å². The molecule has 0 bridgehead atoms. The molecule has 1 atom stereocenters. The maximum atomic E-state index is 11.7. The zero-order chi connectivity index (χ0) is 13.7. The maximum absolute atomic E-state index is 11.7. The quantitative estimate of drug-likeness (QED) is 0.725. The molecule has 1 unspecified atom stereocenters. The number of carbonyl (C=O) groups excluding carboxylic acids is 1. The summed E-state index contributed by atoms with van der Waals surface area (Å²) in [5.74, 6) is 0.841. The number of amides is 1. The Labute approximate surface area is 113 Å². The number of nitrogens with zero attached hydrogens (tertiary/aromatic N) is 3. The van der Waals surface area contributed by atoms with Crippen LogP contribution in [0.3, 0.4) is 0 Å². The first-order valence-electron chi connectivity index (χ1n) is 7.06. The van der Waals surface area contributed by atoms with Crippen LogP contribution >= 0.6 is 0 Å². The van der Waals surface area contributed by atoms with E-state index in [9.17, 15) is 4.79 Å². The van der Waals surface area contributed by atoms with Crippen LogP contribution in [0, 0.1) is 5.92 Å². The van der Waals surface area contributed by atoms with Gasteiger partial charge in [0.2, 0.25) is 5.91 Å². The highest BCUT2D eigenvalue weighted by molar-refractivity contribution is 5.75. The Hall–Kier alpha value is -1.43. The van der Waals surface area contributed by atoms with Gasteiger partial charge in [-0.05, 0) is 38.6 Å². The van der Waals surface area contributed by atoms with Gasteiger partial charge >= 0.3 is 0 Å². The molecule has 1 fully saturated rings. The molecular weight excluding hydrogens is 242 g/mol. The van der Waals surface area contributed by atoms with E-state index >= 15 is 0 Å².